The second-order valence-corrected chi connectivity index (χ2v) is 6.31. The molecule has 1 heterocycles. The highest BCUT2D eigenvalue weighted by Gasteiger charge is 2.23. The smallest absolute Gasteiger partial charge is 0.229 e. The van der Waals surface area contributed by atoms with E-state index in [0.717, 1.165) is 36.9 Å². The van der Waals surface area contributed by atoms with Crippen LogP contribution in [-0.4, -0.2) is 10.9 Å². The summed E-state index contributed by atoms with van der Waals surface area (Å²) in [5.41, 5.74) is 1.88. The van der Waals surface area contributed by atoms with E-state index in [0.29, 0.717) is 10.2 Å². The summed E-state index contributed by atoms with van der Waals surface area (Å²) in [6.45, 7) is 0. The Kier molecular flexibility index (Phi) is 4.03. The lowest BCUT2D eigenvalue weighted by Crippen LogP contribution is -2.20. The molecule has 1 saturated carbocycles. The summed E-state index contributed by atoms with van der Waals surface area (Å²) in [7, 11) is 0. The number of carbonyl (C=O) groups excluding carboxylic acids is 1. The van der Waals surface area contributed by atoms with Crippen LogP contribution in [0.15, 0.2) is 29.6 Å². The molecule has 1 aromatic heterocycles. The Morgan fingerprint density at radius 3 is 2.65 bits per heavy atom. The molecule has 20 heavy (non-hydrogen) atoms. The second kappa shape index (κ2) is 5.94. The van der Waals surface area contributed by atoms with Gasteiger partial charge in [-0.1, -0.05) is 36.6 Å². The van der Waals surface area contributed by atoms with Gasteiger partial charge in [-0.25, -0.2) is 4.98 Å². The zero-order valence-corrected chi connectivity index (χ0v) is 12.5. The van der Waals surface area contributed by atoms with Crippen LogP contribution in [0.25, 0.3) is 11.3 Å². The first-order valence-electron chi connectivity index (χ1n) is 6.75. The van der Waals surface area contributed by atoms with Gasteiger partial charge in [0.05, 0.1) is 5.69 Å². The maximum Gasteiger partial charge on any atom is 0.229 e. The molecule has 1 aromatic carbocycles. The molecule has 0 unspecified atom stereocenters. The third-order valence-corrected chi connectivity index (χ3v) is 4.61. The van der Waals surface area contributed by atoms with Crippen LogP contribution >= 0.6 is 22.9 Å². The van der Waals surface area contributed by atoms with Gasteiger partial charge in [-0.2, -0.15) is 0 Å². The first-order chi connectivity index (χ1) is 9.72. The maximum atomic E-state index is 12.0. The summed E-state index contributed by atoms with van der Waals surface area (Å²) >= 11 is 7.33. The van der Waals surface area contributed by atoms with Gasteiger partial charge in [-0.15, -0.1) is 11.3 Å². The van der Waals surface area contributed by atoms with Crippen LogP contribution in [0.4, 0.5) is 5.13 Å². The molecule has 1 fully saturated rings. The van der Waals surface area contributed by atoms with Gasteiger partial charge in [0.15, 0.2) is 5.13 Å². The lowest BCUT2D eigenvalue weighted by Gasteiger charge is -2.07. The number of hydrogen-bond acceptors (Lipinski definition) is 3. The molecule has 3 nitrogen and oxygen atoms in total. The molecule has 5 heteroatoms. The van der Waals surface area contributed by atoms with E-state index in [4.69, 9.17) is 11.6 Å². The van der Waals surface area contributed by atoms with Crippen LogP contribution in [0.5, 0.6) is 0 Å². The third kappa shape index (κ3) is 3.02. The number of thiazole rings is 1. The molecular formula is C15H15ClN2OS. The van der Waals surface area contributed by atoms with E-state index in [2.05, 4.69) is 10.3 Å². The Labute approximate surface area is 127 Å². The summed E-state index contributed by atoms with van der Waals surface area (Å²) in [6, 6.07) is 7.54. The van der Waals surface area contributed by atoms with Crippen molar-refractivity contribution in [3.05, 3.63) is 34.7 Å². The molecule has 0 radical (unpaired) electrons. The molecule has 1 N–H and O–H groups in total. The predicted octanol–water partition coefficient (Wildman–Crippen LogP) is 4.59. The molecule has 1 amide bonds. The maximum absolute atomic E-state index is 12.0. The van der Waals surface area contributed by atoms with Crippen LogP contribution in [-0.2, 0) is 4.79 Å². The van der Waals surface area contributed by atoms with Crippen molar-refractivity contribution in [2.45, 2.75) is 25.7 Å². The Morgan fingerprint density at radius 2 is 1.95 bits per heavy atom. The standard InChI is InChI=1S/C15H15ClN2OS/c16-12-7-5-10(6-8-12)13-9-20-15(17-13)18-14(19)11-3-1-2-4-11/h5-9,11H,1-4H2,(H,17,18,19). The average Bonchev–Trinajstić information content (AvgIpc) is 3.10. The Bertz CT molecular complexity index is 603. The van der Waals surface area contributed by atoms with E-state index in [9.17, 15) is 4.79 Å². The number of nitrogens with zero attached hydrogens (tertiary/aromatic N) is 1. The second-order valence-electron chi connectivity index (χ2n) is 5.02. The quantitative estimate of drug-likeness (QED) is 0.901. The monoisotopic (exact) mass is 306 g/mol. The van der Waals surface area contributed by atoms with Crippen LogP contribution in [0.2, 0.25) is 5.02 Å². The minimum Gasteiger partial charge on any atom is -0.302 e. The topological polar surface area (TPSA) is 42.0 Å². The Morgan fingerprint density at radius 1 is 1.25 bits per heavy atom. The Balaban J connectivity index is 1.70. The summed E-state index contributed by atoms with van der Waals surface area (Å²) in [6.07, 6.45) is 4.32. The third-order valence-electron chi connectivity index (χ3n) is 3.60. The van der Waals surface area contributed by atoms with E-state index < -0.39 is 0 Å². The van der Waals surface area contributed by atoms with Gasteiger partial charge in [0.2, 0.25) is 5.91 Å². The molecule has 0 spiro atoms. The number of benzene rings is 1. The summed E-state index contributed by atoms with van der Waals surface area (Å²) < 4.78 is 0. The first-order valence-corrected chi connectivity index (χ1v) is 8.00. The number of aromatic nitrogens is 1. The van der Waals surface area contributed by atoms with Gasteiger partial charge in [0.25, 0.3) is 0 Å². The first kappa shape index (κ1) is 13.6. The van der Waals surface area contributed by atoms with E-state index in [-0.39, 0.29) is 11.8 Å². The number of hydrogen-bond donors (Lipinski definition) is 1. The minimum absolute atomic E-state index is 0.111. The lowest BCUT2D eigenvalue weighted by molar-refractivity contribution is -0.119. The van der Waals surface area contributed by atoms with Crippen LogP contribution in [0, 0.1) is 5.92 Å². The summed E-state index contributed by atoms with van der Waals surface area (Å²) in [4.78, 5) is 16.5. The van der Waals surface area contributed by atoms with Gasteiger partial charge < -0.3 is 5.32 Å². The van der Waals surface area contributed by atoms with Crippen molar-refractivity contribution >= 4 is 34.0 Å². The fourth-order valence-corrected chi connectivity index (χ4v) is 3.33. The highest BCUT2D eigenvalue weighted by Crippen LogP contribution is 2.29. The number of carbonyl (C=O) groups is 1. The highest BCUT2D eigenvalue weighted by molar-refractivity contribution is 7.14. The molecular weight excluding hydrogens is 292 g/mol. The average molecular weight is 307 g/mol. The molecule has 3 rings (SSSR count). The minimum atomic E-state index is 0.111. The summed E-state index contributed by atoms with van der Waals surface area (Å²) in [5.74, 6) is 0.275. The van der Waals surface area contributed by atoms with E-state index >= 15 is 0 Å². The van der Waals surface area contributed by atoms with Gasteiger partial charge in [-0.05, 0) is 25.0 Å². The van der Waals surface area contributed by atoms with Gasteiger partial charge in [0, 0.05) is 21.9 Å². The van der Waals surface area contributed by atoms with Crippen molar-refractivity contribution in [1.29, 1.82) is 0 Å². The molecule has 1 aliphatic rings. The van der Waals surface area contributed by atoms with Crippen molar-refractivity contribution in [2.75, 3.05) is 5.32 Å². The van der Waals surface area contributed by atoms with Crippen molar-refractivity contribution in [3.8, 4) is 11.3 Å². The van der Waals surface area contributed by atoms with E-state index in [1.807, 2.05) is 29.6 Å². The molecule has 2 aromatic rings. The fourth-order valence-electron chi connectivity index (χ4n) is 2.48. The van der Waals surface area contributed by atoms with E-state index in [1.54, 1.807) is 0 Å². The molecule has 0 atom stereocenters. The number of halogens is 1. The predicted molar refractivity (Wildman–Crippen MR) is 83.1 cm³/mol. The number of nitrogens with one attached hydrogen (secondary N) is 1. The van der Waals surface area contributed by atoms with Crippen LogP contribution in [0.1, 0.15) is 25.7 Å². The lowest BCUT2D eigenvalue weighted by atomic mass is 10.1. The Hall–Kier alpha value is -1.39. The molecule has 104 valence electrons. The van der Waals surface area contributed by atoms with Crippen LogP contribution < -0.4 is 5.32 Å². The van der Waals surface area contributed by atoms with E-state index in [1.165, 1.54) is 11.3 Å². The van der Waals surface area contributed by atoms with Crippen molar-refractivity contribution in [3.63, 3.8) is 0 Å². The molecule has 0 saturated heterocycles. The highest BCUT2D eigenvalue weighted by atomic mass is 35.5. The molecule has 1 aliphatic carbocycles. The molecule has 0 aliphatic heterocycles. The number of rotatable bonds is 3. The van der Waals surface area contributed by atoms with Crippen molar-refractivity contribution in [1.82, 2.24) is 4.98 Å². The van der Waals surface area contributed by atoms with Crippen LogP contribution in [0.3, 0.4) is 0 Å². The van der Waals surface area contributed by atoms with Gasteiger partial charge in [0.1, 0.15) is 0 Å². The van der Waals surface area contributed by atoms with Crippen molar-refractivity contribution in [2.24, 2.45) is 5.92 Å². The molecule has 0 bridgehead atoms. The zero-order chi connectivity index (χ0) is 13.9. The number of anilines is 1. The summed E-state index contributed by atoms with van der Waals surface area (Å²) in [5, 5.41) is 6.26. The SMILES string of the molecule is O=C(Nc1nc(-c2ccc(Cl)cc2)cs1)C1CCCC1. The van der Waals surface area contributed by atoms with Gasteiger partial charge >= 0.3 is 0 Å². The van der Waals surface area contributed by atoms with Crippen molar-refractivity contribution < 1.29 is 4.79 Å². The zero-order valence-electron chi connectivity index (χ0n) is 10.9. The normalized spacial score (nSPS) is 15.4. The number of amides is 1. The fraction of sp³-hybridized carbons (Fsp3) is 0.333. The largest absolute Gasteiger partial charge is 0.302 e. The van der Waals surface area contributed by atoms with Gasteiger partial charge in [-0.3, -0.25) is 4.79 Å².